The highest BCUT2D eigenvalue weighted by Crippen LogP contribution is 2.36. The number of piperidine rings is 1. The van der Waals surface area contributed by atoms with Gasteiger partial charge in [-0.05, 0) is 31.7 Å². The second-order valence-corrected chi connectivity index (χ2v) is 8.12. The molecule has 1 atom stereocenters. The van der Waals surface area contributed by atoms with E-state index in [-0.39, 0.29) is 24.8 Å². The summed E-state index contributed by atoms with van der Waals surface area (Å²) in [4.78, 5) is 52.1. The molecule has 0 unspecified atom stereocenters. The molecule has 170 valence electrons. The van der Waals surface area contributed by atoms with Crippen LogP contribution in [0.15, 0.2) is 52.1 Å². The third kappa shape index (κ3) is 4.74. The van der Waals surface area contributed by atoms with E-state index in [1.54, 1.807) is 11.8 Å². The number of hydrogen-bond acceptors (Lipinski definition) is 5. The van der Waals surface area contributed by atoms with Crippen LogP contribution in [0, 0.1) is 5.41 Å². The van der Waals surface area contributed by atoms with Crippen LogP contribution in [0.25, 0.3) is 6.08 Å². The Morgan fingerprint density at radius 3 is 2.53 bits per heavy atom. The maximum Gasteiger partial charge on any atom is 0.331 e. The van der Waals surface area contributed by atoms with Crippen LogP contribution in [0.3, 0.4) is 0 Å². The summed E-state index contributed by atoms with van der Waals surface area (Å²) in [7, 11) is 2.82. The number of carbonyl (C=O) groups is 2. The summed E-state index contributed by atoms with van der Waals surface area (Å²) in [5.41, 5.74) is -0.965. The number of ether oxygens (including phenoxy) is 1. The summed E-state index contributed by atoms with van der Waals surface area (Å²) < 4.78 is 7.49. The molecule has 8 nitrogen and oxygen atoms in total. The Morgan fingerprint density at radius 1 is 1.12 bits per heavy atom. The van der Waals surface area contributed by atoms with Crippen molar-refractivity contribution >= 4 is 18.0 Å². The molecule has 1 fully saturated rings. The average molecular weight is 440 g/mol. The molecule has 1 amide bonds. The van der Waals surface area contributed by atoms with Gasteiger partial charge in [-0.15, -0.1) is 0 Å². The highest BCUT2D eigenvalue weighted by Gasteiger charge is 2.44. The van der Waals surface area contributed by atoms with Gasteiger partial charge in [0.2, 0.25) is 0 Å². The molecule has 0 spiro atoms. The smallest absolute Gasteiger partial charge is 0.331 e. The lowest BCUT2D eigenvalue weighted by Gasteiger charge is -2.40. The second-order valence-electron chi connectivity index (χ2n) is 8.12. The standard InChI is InChI=1S/C24H29N3O5/c1-4-32-22(30)24(13-8-12-18-10-6-5-7-11-18)14-9-15-27(17-24)21(29)19-16-20(28)26(3)23(31)25(19)2/h5-8,10-12,16H,4,9,13-15,17H2,1-3H3/b12-8+/t24-/m1/s1. The van der Waals surface area contributed by atoms with Gasteiger partial charge in [0.25, 0.3) is 11.5 Å². The molecule has 1 aromatic carbocycles. The van der Waals surface area contributed by atoms with Crippen LogP contribution in [0.5, 0.6) is 0 Å². The third-order valence-electron chi connectivity index (χ3n) is 5.94. The summed E-state index contributed by atoms with van der Waals surface area (Å²) in [6.45, 7) is 2.60. The topological polar surface area (TPSA) is 90.6 Å². The number of benzene rings is 1. The predicted molar refractivity (Wildman–Crippen MR) is 121 cm³/mol. The Morgan fingerprint density at radius 2 is 1.84 bits per heavy atom. The monoisotopic (exact) mass is 439 g/mol. The van der Waals surface area contributed by atoms with Crippen molar-refractivity contribution in [3.05, 3.63) is 74.6 Å². The number of aromatic nitrogens is 2. The molecule has 1 aliphatic heterocycles. The van der Waals surface area contributed by atoms with Crippen molar-refractivity contribution < 1.29 is 14.3 Å². The number of hydrogen-bond donors (Lipinski definition) is 0. The van der Waals surface area contributed by atoms with Gasteiger partial charge in [0.05, 0.1) is 12.0 Å². The number of rotatable bonds is 6. The minimum Gasteiger partial charge on any atom is -0.466 e. The van der Waals surface area contributed by atoms with Crippen molar-refractivity contribution in [2.75, 3.05) is 19.7 Å². The number of allylic oxidation sites excluding steroid dienone is 1. The Kier molecular flexibility index (Phi) is 7.12. The van der Waals surface area contributed by atoms with E-state index in [0.29, 0.717) is 25.8 Å². The first-order chi connectivity index (χ1) is 15.3. The number of carbonyl (C=O) groups excluding carboxylic acids is 2. The number of amides is 1. The van der Waals surface area contributed by atoms with Gasteiger partial charge in [0.15, 0.2) is 0 Å². The number of nitrogens with zero attached hydrogens (tertiary/aromatic N) is 3. The maximum atomic E-state index is 13.2. The lowest BCUT2D eigenvalue weighted by molar-refractivity contribution is -0.158. The fraction of sp³-hybridized carbons (Fsp3) is 0.417. The highest BCUT2D eigenvalue weighted by atomic mass is 16.5. The first kappa shape index (κ1) is 23.2. The van der Waals surface area contributed by atoms with Gasteiger partial charge >= 0.3 is 11.7 Å². The lowest BCUT2D eigenvalue weighted by Crippen LogP contribution is -2.51. The largest absolute Gasteiger partial charge is 0.466 e. The normalized spacial score (nSPS) is 18.7. The molecule has 0 N–H and O–H groups in total. The Hall–Kier alpha value is -3.42. The van der Waals surface area contributed by atoms with Crippen molar-refractivity contribution in [3.63, 3.8) is 0 Å². The molecule has 0 bridgehead atoms. The van der Waals surface area contributed by atoms with Gasteiger partial charge in [-0.25, -0.2) is 4.79 Å². The van der Waals surface area contributed by atoms with Crippen LogP contribution in [-0.2, 0) is 23.6 Å². The summed E-state index contributed by atoms with van der Waals surface area (Å²) in [5, 5.41) is 0. The average Bonchev–Trinajstić information content (AvgIpc) is 2.80. The Balaban J connectivity index is 1.89. The Labute approximate surface area is 186 Å². The molecule has 2 heterocycles. The van der Waals surface area contributed by atoms with E-state index in [1.807, 2.05) is 42.5 Å². The molecule has 0 saturated carbocycles. The molecule has 2 aromatic rings. The van der Waals surface area contributed by atoms with E-state index in [2.05, 4.69) is 0 Å². The SMILES string of the molecule is CCOC(=O)[C@]1(C/C=C/c2ccccc2)CCCN(C(=O)c2cc(=O)n(C)c(=O)n2C)C1. The van der Waals surface area contributed by atoms with E-state index in [9.17, 15) is 19.2 Å². The van der Waals surface area contributed by atoms with Crippen LogP contribution >= 0.6 is 0 Å². The van der Waals surface area contributed by atoms with Gasteiger partial charge in [-0.3, -0.25) is 23.5 Å². The van der Waals surface area contributed by atoms with Crippen molar-refractivity contribution in [2.45, 2.75) is 26.2 Å². The van der Waals surface area contributed by atoms with E-state index < -0.39 is 22.6 Å². The number of likely N-dealkylation sites (tertiary alicyclic amines) is 1. The highest BCUT2D eigenvalue weighted by molar-refractivity contribution is 5.93. The minimum atomic E-state index is -0.881. The molecule has 1 saturated heterocycles. The summed E-state index contributed by atoms with van der Waals surface area (Å²) >= 11 is 0. The summed E-state index contributed by atoms with van der Waals surface area (Å²) in [6.07, 6.45) is 5.51. The maximum absolute atomic E-state index is 13.2. The van der Waals surface area contributed by atoms with Crippen LogP contribution in [0.4, 0.5) is 0 Å². The Bertz CT molecular complexity index is 1130. The van der Waals surface area contributed by atoms with E-state index in [4.69, 9.17) is 4.74 Å². The molecular weight excluding hydrogens is 410 g/mol. The van der Waals surface area contributed by atoms with Gasteiger partial charge in [-0.1, -0.05) is 42.5 Å². The molecule has 32 heavy (non-hydrogen) atoms. The number of esters is 1. The molecule has 0 aliphatic carbocycles. The third-order valence-corrected chi connectivity index (χ3v) is 5.94. The van der Waals surface area contributed by atoms with Gasteiger partial charge < -0.3 is 9.64 Å². The van der Waals surface area contributed by atoms with Crippen LogP contribution in [0.2, 0.25) is 0 Å². The quantitative estimate of drug-likeness (QED) is 0.642. The molecule has 1 aromatic heterocycles. The predicted octanol–water partition coefficient (Wildman–Crippen LogP) is 1.97. The second kappa shape index (κ2) is 9.80. The van der Waals surface area contributed by atoms with Gasteiger partial charge in [0.1, 0.15) is 5.69 Å². The minimum absolute atomic E-state index is 0.0117. The zero-order valence-electron chi connectivity index (χ0n) is 18.7. The molecular formula is C24H29N3O5. The van der Waals surface area contributed by atoms with Crippen molar-refractivity contribution in [1.82, 2.24) is 14.0 Å². The first-order valence-corrected chi connectivity index (χ1v) is 10.7. The van der Waals surface area contributed by atoms with Crippen LogP contribution in [-0.4, -0.2) is 45.6 Å². The summed E-state index contributed by atoms with van der Waals surface area (Å²) in [5.74, 6) is -0.782. The fourth-order valence-corrected chi connectivity index (χ4v) is 4.09. The molecule has 8 heteroatoms. The van der Waals surface area contributed by atoms with Crippen LogP contribution in [0.1, 0.15) is 42.2 Å². The molecule has 3 rings (SSSR count). The van der Waals surface area contributed by atoms with E-state index >= 15 is 0 Å². The molecule has 0 radical (unpaired) electrons. The fourth-order valence-electron chi connectivity index (χ4n) is 4.09. The van der Waals surface area contributed by atoms with E-state index in [1.165, 1.54) is 24.7 Å². The van der Waals surface area contributed by atoms with Crippen molar-refractivity contribution in [3.8, 4) is 0 Å². The molecule has 1 aliphatic rings. The zero-order valence-corrected chi connectivity index (χ0v) is 18.7. The van der Waals surface area contributed by atoms with Gasteiger partial charge in [-0.2, -0.15) is 0 Å². The van der Waals surface area contributed by atoms with E-state index in [0.717, 1.165) is 10.1 Å². The van der Waals surface area contributed by atoms with Gasteiger partial charge in [0, 0.05) is 33.3 Å². The van der Waals surface area contributed by atoms with Crippen molar-refractivity contribution in [2.24, 2.45) is 19.5 Å². The first-order valence-electron chi connectivity index (χ1n) is 10.7. The lowest BCUT2D eigenvalue weighted by atomic mass is 9.76. The van der Waals surface area contributed by atoms with Crippen LogP contribution < -0.4 is 11.2 Å². The summed E-state index contributed by atoms with van der Waals surface area (Å²) in [6, 6.07) is 10.9. The zero-order chi connectivity index (χ0) is 23.3. The van der Waals surface area contributed by atoms with Crippen molar-refractivity contribution in [1.29, 1.82) is 0 Å².